The van der Waals surface area contributed by atoms with Crippen molar-refractivity contribution >= 4 is 15.9 Å². The molecule has 0 aliphatic heterocycles. The molecule has 0 aliphatic rings. The minimum atomic E-state index is -0.0857. The second-order valence-electron chi connectivity index (χ2n) is 5.30. The Morgan fingerprint density at radius 3 is 2.33 bits per heavy atom. The van der Waals surface area contributed by atoms with Gasteiger partial charge in [-0.05, 0) is 26.3 Å². The number of hydrogen-bond acceptors (Lipinski definition) is 2. The molecule has 0 aliphatic carbocycles. The Kier molecular flexibility index (Phi) is 6.90. The molecule has 0 fully saturated rings. The Hall–Kier alpha value is -0.380. The minimum absolute atomic E-state index is 0.0857. The molecule has 3 heteroatoms. The largest absolute Gasteiger partial charge is 0.378 e. The topological polar surface area (TPSA) is 18.5 Å². The fourth-order valence-electron chi connectivity index (χ4n) is 1.59. The molecule has 2 nitrogen and oxygen atoms in total. The summed E-state index contributed by atoms with van der Waals surface area (Å²) in [4.78, 5) is 0. The zero-order valence-electron chi connectivity index (χ0n) is 11.5. The molecule has 102 valence electrons. The molecular weight excluding hydrogens is 292 g/mol. The Bertz CT molecular complexity index is 319. The van der Waals surface area contributed by atoms with Crippen molar-refractivity contribution in [2.24, 2.45) is 0 Å². The number of hydrogen-bond donors (Lipinski definition) is 0. The SMILES string of the molecule is CC(C)(C)OCCOCC(CBr)c1ccccc1. The maximum absolute atomic E-state index is 5.68. The van der Waals surface area contributed by atoms with Gasteiger partial charge < -0.3 is 9.47 Å². The van der Waals surface area contributed by atoms with Crippen molar-refractivity contribution in [3.05, 3.63) is 35.9 Å². The highest BCUT2D eigenvalue weighted by molar-refractivity contribution is 9.09. The van der Waals surface area contributed by atoms with E-state index in [4.69, 9.17) is 9.47 Å². The van der Waals surface area contributed by atoms with Gasteiger partial charge in [0.15, 0.2) is 0 Å². The molecule has 0 bridgehead atoms. The standard InChI is InChI=1S/C15H23BrO2/c1-15(2,3)18-10-9-17-12-14(11-16)13-7-5-4-6-8-13/h4-8,14H,9-12H2,1-3H3. The van der Waals surface area contributed by atoms with Gasteiger partial charge in [0.1, 0.15) is 0 Å². The lowest BCUT2D eigenvalue weighted by Gasteiger charge is -2.20. The van der Waals surface area contributed by atoms with Crippen molar-refractivity contribution in [2.45, 2.75) is 32.3 Å². The summed E-state index contributed by atoms with van der Waals surface area (Å²) in [6, 6.07) is 10.4. The normalized spacial score (nSPS) is 13.6. The molecule has 18 heavy (non-hydrogen) atoms. The molecule has 1 aromatic rings. The van der Waals surface area contributed by atoms with Crippen LogP contribution in [0.15, 0.2) is 30.3 Å². The van der Waals surface area contributed by atoms with Crippen LogP contribution in [0.2, 0.25) is 0 Å². The number of ether oxygens (including phenoxy) is 2. The molecular formula is C15H23BrO2. The van der Waals surface area contributed by atoms with Gasteiger partial charge in [0.05, 0.1) is 25.4 Å². The van der Waals surface area contributed by atoms with E-state index in [1.54, 1.807) is 0 Å². The summed E-state index contributed by atoms with van der Waals surface area (Å²) >= 11 is 3.54. The van der Waals surface area contributed by atoms with E-state index in [0.29, 0.717) is 19.1 Å². The van der Waals surface area contributed by atoms with Crippen molar-refractivity contribution < 1.29 is 9.47 Å². The summed E-state index contributed by atoms with van der Waals surface area (Å²) in [5, 5.41) is 0.914. The summed E-state index contributed by atoms with van der Waals surface area (Å²) in [5.41, 5.74) is 1.23. The predicted molar refractivity (Wildman–Crippen MR) is 79.5 cm³/mol. The van der Waals surface area contributed by atoms with E-state index in [1.165, 1.54) is 5.56 Å². The molecule has 1 rings (SSSR count). The predicted octanol–water partition coefficient (Wildman–Crippen LogP) is 4.00. The van der Waals surface area contributed by atoms with E-state index < -0.39 is 0 Å². The number of rotatable bonds is 7. The summed E-state index contributed by atoms with van der Waals surface area (Å²) < 4.78 is 11.3. The zero-order chi connectivity index (χ0) is 13.4. The van der Waals surface area contributed by atoms with E-state index in [9.17, 15) is 0 Å². The highest BCUT2D eigenvalue weighted by atomic mass is 79.9. The average molecular weight is 315 g/mol. The molecule has 0 aromatic heterocycles. The zero-order valence-corrected chi connectivity index (χ0v) is 13.1. The summed E-state index contributed by atoms with van der Waals surface area (Å²) in [5.74, 6) is 0.404. The molecule has 0 radical (unpaired) electrons. The molecule has 0 heterocycles. The van der Waals surface area contributed by atoms with Crippen molar-refractivity contribution in [1.29, 1.82) is 0 Å². The van der Waals surface area contributed by atoms with Crippen LogP contribution in [0, 0.1) is 0 Å². The molecule has 0 saturated carbocycles. The van der Waals surface area contributed by atoms with E-state index in [-0.39, 0.29) is 5.60 Å². The van der Waals surface area contributed by atoms with E-state index >= 15 is 0 Å². The Labute approximate surface area is 119 Å². The summed E-state index contributed by atoms with van der Waals surface area (Å²) in [7, 11) is 0. The quantitative estimate of drug-likeness (QED) is 0.559. The van der Waals surface area contributed by atoms with Crippen LogP contribution >= 0.6 is 15.9 Å². The van der Waals surface area contributed by atoms with Crippen molar-refractivity contribution in [1.82, 2.24) is 0 Å². The van der Waals surface area contributed by atoms with E-state index in [2.05, 4.69) is 61.0 Å². The van der Waals surface area contributed by atoms with Crippen molar-refractivity contribution in [3.63, 3.8) is 0 Å². The average Bonchev–Trinajstić information content (AvgIpc) is 2.33. The lowest BCUT2D eigenvalue weighted by molar-refractivity contribution is -0.0359. The van der Waals surface area contributed by atoms with Crippen molar-refractivity contribution in [2.75, 3.05) is 25.2 Å². The third-order valence-electron chi connectivity index (χ3n) is 2.54. The highest BCUT2D eigenvalue weighted by Crippen LogP contribution is 2.18. The van der Waals surface area contributed by atoms with Gasteiger partial charge in [-0.1, -0.05) is 46.3 Å². The fourth-order valence-corrected chi connectivity index (χ4v) is 2.15. The third kappa shape index (κ3) is 6.53. The summed E-state index contributed by atoms with van der Waals surface area (Å²) in [6.45, 7) is 8.18. The van der Waals surface area contributed by atoms with E-state index in [1.807, 2.05) is 6.07 Å². The number of alkyl halides is 1. The van der Waals surface area contributed by atoms with Crippen molar-refractivity contribution in [3.8, 4) is 0 Å². The minimum Gasteiger partial charge on any atom is -0.378 e. The maximum atomic E-state index is 5.68. The monoisotopic (exact) mass is 314 g/mol. The Morgan fingerprint density at radius 1 is 1.11 bits per heavy atom. The van der Waals surface area contributed by atoms with Gasteiger partial charge >= 0.3 is 0 Å². The van der Waals surface area contributed by atoms with Crippen LogP contribution in [0.4, 0.5) is 0 Å². The van der Waals surface area contributed by atoms with Crippen LogP contribution in [-0.4, -0.2) is 30.8 Å². The van der Waals surface area contributed by atoms with Crippen LogP contribution in [0.3, 0.4) is 0 Å². The van der Waals surface area contributed by atoms with Gasteiger partial charge in [-0.25, -0.2) is 0 Å². The molecule has 0 N–H and O–H groups in total. The molecule has 1 atom stereocenters. The molecule has 0 amide bonds. The highest BCUT2D eigenvalue weighted by Gasteiger charge is 2.11. The van der Waals surface area contributed by atoms with Crippen LogP contribution in [0.1, 0.15) is 32.3 Å². The first-order chi connectivity index (χ1) is 8.53. The van der Waals surface area contributed by atoms with Gasteiger partial charge in [-0.15, -0.1) is 0 Å². The van der Waals surface area contributed by atoms with Gasteiger partial charge in [-0.3, -0.25) is 0 Å². The van der Waals surface area contributed by atoms with Crippen LogP contribution in [-0.2, 0) is 9.47 Å². The smallest absolute Gasteiger partial charge is 0.0707 e. The Balaban J connectivity index is 2.25. The molecule has 0 saturated heterocycles. The third-order valence-corrected chi connectivity index (χ3v) is 3.32. The van der Waals surface area contributed by atoms with Gasteiger partial charge in [-0.2, -0.15) is 0 Å². The van der Waals surface area contributed by atoms with Gasteiger partial charge in [0, 0.05) is 11.2 Å². The number of benzene rings is 1. The fraction of sp³-hybridized carbons (Fsp3) is 0.600. The second-order valence-corrected chi connectivity index (χ2v) is 5.95. The maximum Gasteiger partial charge on any atom is 0.0707 e. The second kappa shape index (κ2) is 7.93. The molecule has 1 aromatic carbocycles. The Morgan fingerprint density at radius 2 is 1.78 bits per heavy atom. The van der Waals surface area contributed by atoms with E-state index in [0.717, 1.165) is 11.9 Å². The van der Waals surface area contributed by atoms with Gasteiger partial charge in [0.25, 0.3) is 0 Å². The van der Waals surface area contributed by atoms with Gasteiger partial charge in [0.2, 0.25) is 0 Å². The lowest BCUT2D eigenvalue weighted by atomic mass is 10.0. The summed E-state index contributed by atoms with van der Waals surface area (Å²) in [6.07, 6.45) is 0. The molecule has 1 unspecified atom stereocenters. The first-order valence-corrected chi connectivity index (χ1v) is 7.47. The van der Waals surface area contributed by atoms with Crippen LogP contribution in [0.25, 0.3) is 0 Å². The lowest BCUT2D eigenvalue weighted by Crippen LogP contribution is -2.22. The first-order valence-electron chi connectivity index (χ1n) is 6.35. The van der Waals surface area contributed by atoms with Crippen LogP contribution in [0.5, 0.6) is 0 Å². The van der Waals surface area contributed by atoms with Crippen LogP contribution < -0.4 is 0 Å². The molecule has 0 spiro atoms. The number of halogens is 1. The first kappa shape index (κ1) is 15.7.